The number of rotatable bonds is 4. The zero-order valence-corrected chi connectivity index (χ0v) is 13.3. The lowest BCUT2D eigenvalue weighted by atomic mass is 9.98. The first-order valence-corrected chi connectivity index (χ1v) is 8.66. The fraction of sp³-hybridized carbons (Fsp3) is 0.533. The molecule has 1 heterocycles. The minimum Gasteiger partial charge on any atom is -0.369 e. The molecule has 1 aliphatic heterocycles. The van der Waals surface area contributed by atoms with Crippen LogP contribution in [0, 0.1) is 5.92 Å². The fourth-order valence-corrected chi connectivity index (χ4v) is 4.02. The lowest BCUT2D eigenvalue weighted by molar-refractivity contribution is -0.122. The van der Waals surface area contributed by atoms with E-state index in [1.165, 1.54) is 4.31 Å². The Morgan fingerprint density at radius 1 is 1.19 bits per heavy atom. The second kappa shape index (κ2) is 6.15. The minimum absolute atomic E-state index is 0.209. The van der Waals surface area contributed by atoms with Crippen LogP contribution in [0.4, 0.5) is 0 Å². The Kier molecular flexibility index (Phi) is 4.68. The van der Waals surface area contributed by atoms with E-state index in [2.05, 4.69) is 13.8 Å². The molecule has 1 aromatic rings. The van der Waals surface area contributed by atoms with Crippen molar-refractivity contribution in [3.8, 4) is 0 Å². The smallest absolute Gasteiger partial charge is 0.243 e. The average molecular weight is 310 g/mol. The first kappa shape index (κ1) is 16.0. The molecule has 6 heteroatoms. The number of carbonyl (C=O) groups is 1. The van der Waals surface area contributed by atoms with Crippen LogP contribution in [-0.2, 0) is 14.8 Å². The number of carbonyl (C=O) groups excluding carboxylic acids is 1. The van der Waals surface area contributed by atoms with E-state index in [1.807, 2.05) is 12.1 Å². The van der Waals surface area contributed by atoms with E-state index in [1.54, 1.807) is 12.1 Å². The van der Waals surface area contributed by atoms with Crippen LogP contribution in [0.3, 0.4) is 0 Å². The highest BCUT2D eigenvalue weighted by atomic mass is 32.2. The summed E-state index contributed by atoms with van der Waals surface area (Å²) in [7, 11) is -3.47. The summed E-state index contributed by atoms with van der Waals surface area (Å²) in [5.41, 5.74) is 6.38. The van der Waals surface area contributed by atoms with Crippen LogP contribution in [0.1, 0.15) is 38.2 Å². The zero-order valence-electron chi connectivity index (χ0n) is 12.5. The summed E-state index contributed by atoms with van der Waals surface area (Å²) in [6, 6.07) is 7.02. The molecule has 1 saturated heterocycles. The van der Waals surface area contributed by atoms with Gasteiger partial charge in [-0.1, -0.05) is 26.0 Å². The van der Waals surface area contributed by atoms with Gasteiger partial charge in [-0.25, -0.2) is 8.42 Å². The molecular formula is C15H22N2O3S. The van der Waals surface area contributed by atoms with E-state index < -0.39 is 10.0 Å². The van der Waals surface area contributed by atoms with Crippen molar-refractivity contribution in [1.82, 2.24) is 4.31 Å². The van der Waals surface area contributed by atoms with Crippen LogP contribution in [0.15, 0.2) is 29.2 Å². The topological polar surface area (TPSA) is 80.5 Å². The summed E-state index contributed by atoms with van der Waals surface area (Å²) in [5.74, 6) is -0.179. The van der Waals surface area contributed by atoms with Crippen LogP contribution in [0.25, 0.3) is 0 Å². The van der Waals surface area contributed by atoms with Crippen molar-refractivity contribution in [1.29, 1.82) is 0 Å². The fourth-order valence-electron chi connectivity index (χ4n) is 2.55. The predicted molar refractivity (Wildman–Crippen MR) is 81.2 cm³/mol. The van der Waals surface area contributed by atoms with Crippen LogP contribution in [0.5, 0.6) is 0 Å². The number of primary amides is 1. The number of nitrogens with two attached hydrogens (primary N) is 1. The SMILES string of the molecule is CC(C)c1ccc(S(=O)(=O)N2CCC(C(N)=O)CC2)cc1. The second-order valence-corrected chi connectivity index (χ2v) is 7.74. The highest BCUT2D eigenvalue weighted by Crippen LogP contribution is 2.25. The third-order valence-corrected chi connectivity index (χ3v) is 5.95. The number of hydrogen-bond donors (Lipinski definition) is 1. The summed E-state index contributed by atoms with van der Waals surface area (Å²) in [6.45, 7) is 4.83. The van der Waals surface area contributed by atoms with Gasteiger partial charge in [-0.05, 0) is 36.5 Å². The van der Waals surface area contributed by atoms with E-state index in [0.29, 0.717) is 36.7 Å². The molecule has 1 aliphatic rings. The molecule has 0 spiro atoms. The molecule has 1 aromatic carbocycles. The van der Waals surface area contributed by atoms with Crippen molar-refractivity contribution >= 4 is 15.9 Å². The van der Waals surface area contributed by atoms with Gasteiger partial charge in [0.05, 0.1) is 4.90 Å². The van der Waals surface area contributed by atoms with Gasteiger partial charge in [0, 0.05) is 19.0 Å². The summed E-state index contributed by atoms with van der Waals surface area (Å²) in [4.78, 5) is 11.4. The Morgan fingerprint density at radius 3 is 2.14 bits per heavy atom. The Hall–Kier alpha value is -1.40. The van der Waals surface area contributed by atoms with Crippen LogP contribution in [-0.4, -0.2) is 31.7 Å². The molecule has 0 radical (unpaired) electrons. The van der Waals surface area contributed by atoms with Gasteiger partial charge in [0.1, 0.15) is 0 Å². The molecule has 1 fully saturated rings. The predicted octanol–water partition coefficient (Wildman–Crippen LogP) is 1.70. The molecule has 0 atom stereocenters. The lowest BCUT2D eigenvalue weighted by Crippen LogP contribution is -2.41. The van der Waals surface area contributed by atoms with Gasteiger partial charge in [0.15, 0.2) is 0 Å². The van der Waals surface area contributed by atoms with Crippen LogP contribution in [0.2, 0.25) is 0 Å². The number of hydrogen-bond acceptors (Lipinski definition) is 3. The standard InChI is InChI=1S/C15H22N2O3S/c1-11(2)12-3-5-14(6-4-12)21(19,20)17-9-7-13(8-10-17)15(16)18/h3-6,11,13H,7-10H2,1-2H3,(H2,16,18). The number of nitrogens with zero attached hydrogens (tertiary/aromatic N) is 1. The highest BCUT2D eigenvalue weighted by molar-refractivity contribution is 7.89. The second-order valence-electron chi connectivity index (χ2n) is 5.80. The van der Waals surface area contributed by atoms with Crippen molar-refractivity contribution in [2.24, 2.45) is 11.7 Å². The van der Waals surface area contributed by atoms with Gasteiger partial charge < -0.3 is 5.73 Å². The van der Waals surface area contributed by atoms with Gasteiger partial charge in [0.2, 0.25) is 15.9 Å². The minimum atomic E-state index is -3.47. The van der Waals surface area contributed by atoms with Gasteiger partial charge in [-0.3, -0.25) is 4.79 Å². The number of benzene rings is 1. The maximum atomic E-state index is 12.6. The number of amides is 1. The Morgan fingerprint density at radius 2 is 1.71 bits per heavy atom. The normalized spacial score (nSPS) is 18.0. The van der Waals surface area contributed by atoms with Crippen molar-refractivity contribution in [2.45, 2.75) is 37.5 Å². The molecule has 116 valence electrons. The van der Waals surface area contributed by atoms with E-state index in [0.717, 1.165) is 5.56 Å². The van der Waals surface area contributed by atoms with Gasteiger partial charge in [0.25, 0.3) is 0 Å². The molecule has 0 aromatic heterocycles. The van der Waals surface area contributed by atoms with Crippen molar-refractivity contribution in [3.05, 3.63) is 29.8 Å². The van der Waals surface area contributed by atoms with E-state index in [4.69, 9.17) is 5.73 Å². The zero-order chi connectivity index (χ0) is 15.6. The molecule has 0 saturated carbocycles. The monoisotopic (exact) mass is 310 g/mol. The summed E-state index contributed by atoms with van der Waals surface area (Å²) < 4.78 is 26.6. The third-order valence-electron chi connectivity index (χ3n) is 4.04. The Bertz CT molecular complexity index is 600. The Balaban J connectivity index is 2.13. The molecule has 0 unspecified atom stereocenters. The number of piperidine rings is 1. The maximum absolute atomic E-state index is 12.6. The van der Waals surface area contributed by atoms with Crippen LogP contribution >= 0.6 is 0 Å². The summed E-state index contributed by atoms with van der Waals surface area (Å²) >= 11 is 0. The molecule has 21 heavy (non-hydrogen) atoms. The third kappa shape index (κ3) is 3.44. The molecule has 5 nitrogen and oxygen atoms in total. The van der Waals surface area contributed by atoms with Gasteiger partial charge >= 0.3 is 0 Å². The summed E-state index contributed by atoms with van der Waals surface area (Å²) in [5, 5.41) is 0. The highest BCUT2D eigenvalue weighted by Gasteiger charge is 2.31. The van der Waals surface area contributed by atoms with E-state index in [-0.39, 0.29) is 11.8 Å². The molecule has 0 aliphatic carbocycles. The van der Waals surface area contributed by atoms with Crippen molar-refractivity contribution in [3.63, 3.8) is 0 Å². The van der Waals surface area contributed by atoms with Crippen molar-refractivity contribution in [2.75, 3.05) is 13.1 Å². The quantitative estimate of drug-likeness (QED) is 0.919. The largest absolute Gasteiger partial charge is 0.369 e. The summed E-state index contributed by atoms with van der Waals surface area (Å²) in [6.07, 6.45) is 0.997. The van der Waals surface area contributed by atoms with E-state index >= 15 is 0 Å². The molecule has 0 bridgehead atoms. The molecule has 2 N–H and O–H groups in total. The van der Waals surface area contributed by atoms with Gasteiger partial charge in [-0.15, -0.1) is 0 Å². The Labute approximate surface area is 126 Å². The lowest BCUT2D eigenvalue weighted by Gasteiger charge is -2.29. The number of sulfonamides is 1. The molecule has 1 amide bonds. The molecule has 2 rings (SSSR count). The average Bonchev–Trinajstić information content (AvgIpc) is 2.47. The van der Waals surface area contributed by atoms with Gasteiger partial charge in [-0.2, -0.15) is 4.31 Å². The first-order chi connectivity index (χ1) is 9.82. The van der Waals surface area contributed by atoms with Crippen LogP contribution < -0.4 is 5.73 Å². The first-order valence-electron chi connectivity index (χ1n) is 7.22. The van der Waals surface area contributed by atoms with Crippen molar-refractivity contribution < 1.29 is 13.2 Å². The molecular weight excluding hydrogens is 288 g/mol. The van der Waals surface area contributed by atoms with E-state index in [9.17, 15) is 13.2 Å². The maximum Gasteiger partial charge on any atom is 0.243 e.